The molecule has 2 aliphatic rings. The lowest BCUT2D eigenvalue weighted by Gasteiger charge is -2.21. The summed E-state index contributed by atoms with van der Waals surface area (Å²) in [5.41, 5.74) is 6.15. The molecule has 0 bridgehead atoms. The Morgan fingerprint density at radius 2 is 1.20 bits per heavy atom. The van der Waals surface area contributed by atoms with E-state index in [9.17, 15) is 45.7 Å². The van der Waals surface area contributed by atoms with Gasteiger partial charge in [0.25, 0.3) is 20.2 Å². The molecule has 4 aromatic rings. The third kappa shape index (κ3) is 10.6. The van der Waals surface area contributed by atoms with Crippen LogP contribution >= 0.6 is 0 Å². The number of rotatable bonds is 14. The first-order valence-electron chi connectivity index (χ1n) is 20.3. The standard InChI is InChI=1S/C45H50N6O13S2/c1-22-13-24(3)42(50-44(56)46-18-29(54)20-52)26(5)40(22)48-28-11-12-31-35(15-28)64-36-17-34(49-41-23(2)14-25(4)43(27(41)6)51-45(57)47-19-30(55)21-53)38(66(61,62)63)16-33(36)39(31)32-9-7-8-10-37(32)65(58,59)60/h7-17,29-30,48,52-55H,18-21H2,1-6H3,(H2,46,50,56)(H2,47,51,57)(H,58,59,60)(H,61,62,63). The van der Waals surface area contributed by atoms with Crippen molar-refractivity contribution < 1.29 is 60.4 Å². The lowest BCUT2D eigenvalue weighted by molar-refractivity contribution is 0.0965. The molecule has 4 amide bonds. The van der Waals surface area contributed by atoms with Crippen LogP contribution in [0.4, 0.5) is 38.0 Å². The number of aliphatic hydroxyl groups is 4. The molecule has 1 heterocycles. The second-order valence-electron chi connectivity index (χ2n) is 15.8. The van der Waals surface area contributed by atoms with Gasteiger partial charge in [-0.1, -0.05) is 30.3 Å². The van der Waals surface area contributed by atoms with Crippen LogP contribution in [0.2, 0.25) is 0 Å². The van der Waals surface area contributed by atoms with Crippen LogP contribution in [-0.4, -0.2) is 96.9 Å². The van der Waals surface area contributed by atoms with Crippen molar-refractivity contribution in [1.82, 2.24) is 10.6 Å². The smallest absolute Gasteiger partial charge is 0.319 e. The summed E-state index contributed by atoms with van der Waals surface area (Å²) in [4.78, 5) is 29.1. The molecule has 0 radical (unpaired) electrons. The van der Waals surface area contributed by atoms with Crippen molar-refractivity contribution in [3.63, 3.8) is 0 Å². The largest absolute Gasteiger partial charge is 0.456 e. The van der Waals surface area contributed by atoms with Crippen LogP contribution in [0, 0.1) is 41.5 Å². The highest BCUT2D eigenvalue weighted by atomic mass is 32.2. The first-order valence-corrected chi connectivity index (χ1v) is 23.2. The van der Waals surface area contributed by atoms with Crippen molar-refractivity contribution in [2.75, 3.05) is 42.3 Å². The van der Waals surface area contributed by atoms with Crippen LogP contribution in [0.25, 0.3) is 33.4 Å². The fourth-order valence-corrected chi connectivity index (χ4v) is 9.04. The van der Waals surface area contributed by atoms with Gasteiger partial charge in [-0.2, -0.15) is 16.8 Å². The Morgan fingerprint density at radius 3 is 1.77 bits per heavy atom. The lowest BCUT2D eigenvalue weighted by Crippen LogP contribution is -2.37. The van der Waals surface area contributed by atoms with Crippen LogP contribution in [-0.2, 0) is 20.2 Å². The monoisotopic (exact) mass is 946 g/mol. The molecule has 0 aromatic heterocycles. The number of amides is 4. The number of urea groups is 2. The Bertz CT molecular complexity index is 3150. The summed E-state index contributed by atoms with van der Waals surface area (Å²) in [7, 11) is -9.95. The van der Waals surface area contributed by atoms with Gasteiger partial charge in [0, 0.05) is 58.7 Å². The minimum absolute atomic E-state index is 0.0139. The summed E-state index contributed by atoms with van der Waals surface area (Å²) >= 11 is 0. The number of hydrogen-bond acceptors (Lipinski definition) is 13. The molecule has 21 heteroatoms. The number of carbonyl (C=O) groups is 2. The van der Waals surface area contributed by atoms with E-state index in [1.165, 1.54) is 30.3 Å². The maximum Gasteiger partial charge on any atom is 0.319 e. The van der Waals surface area contributed by atoms with E-state index in [1.807, 2.05) is 19.9 Å². The highest BCUT2D eigenvalue weighted by molar-refractivity contribution is 7.86. The first-order chi connectivity index (χ1) is 31.0. The van der Waals surface area contributed by atoms with Gasteiger partial charge in [-0.15, -0.1) is 0 Å². The lowest BCUT2D eigenvalue weighted by atomic mass is 9.93. The molecule has 66 heavy (non-hydrogen) atoms. The van der Waals surface area contributed by atoms with Gasteiger partial charge in [0.1, 0.15) is 21.1 Å². The molecule has 19 nitrogen and oxygen atoms in total. The number of carbonyl (C=O) groups excluding carboxylic acids is 2. The third-order valence-corrected chi connectivity index (χ3v) is 12.6. The number of nitrogens with one attached hydrogen (secondary N) is 5. The number of hydrogen-bond donors (Lipinski definition) is 11. The number of benzene rings is 5. The first kappa shape index (κ1) is 49.0. The van der Waals surface area contributed by atoms with Crippen LogP contribution in [0.1, 0.15) is 33.4 Å². The Morgan fingerprint density at radius 1 is 0.652 bits per heavy atom. The maximum absolute atomic E-state index is 13.2. The molecule has 350 valence electrons. The van der Waals surface area contributed by atoms with E-state index in [0.29, 0.717) is 45.0 Å². The minimum atomic E-state index is -5.08. The van der Waals surface area contributed by atoms with E-state index in [1.54, 1.807) is 52.0 Å². The van der Waals surface area contributed by atoms with Gasteiger partial charge in [-0.25, -0.2) is 14.6 Å². The molecule has 6 rings (SSSR count). The fourth-order valence-electron chi connectivity index (χ4n) is 7.71. The van der Waals surface area contributed by atoms with Crippen molar-refractivity contribution >= 4 is 71.7 Å². The van der Waals surface area contributed by atoms with Crippen molar-refractivity contribution in [2.45, 2.75) is 63.5 Å². The van der Waals surface area contributed by atoms with Gasteiger partial charge in [-0.3, -0.25) is 9.11 Å². The molecule has 2 atom stereocenters. The maximum atomic E-state index is 13.2. The molecule has 0 fully saturated rings. The van der Waals surface area contributed by atoms with Gasteiger partial charge in [0.05, 0.1) is 47.8 Å². The molecule has 1 aliphatic carbocycles. The molecule has 4 aromatic carbocycles. The van der Waals surface area contributed by atoms with E-state index in [2.05, 4.69) is 26.6 Å². The zero-order chi connectivity index (χ0) is 48.4. The van der Waals surface area contributed by atoms with Gasteiger partial charge >= 0.3 is 12.1 Å². The molecule has 1 aliphatic heterocycles. The molecule has 2 unspecified atom stereocenters. The number of nitrogens with zero attached hydrogens (tertiary/aromatic N) is 1. The van der Waals surface area contributed by atoms with E-state index < -0.39 is 67.5 Å². The normalized spacial score (nSPS) is 13.1. The van der Waals surface area contributed by atoms with Crippen LogP contribution in [0.3, 0.4) is 0 Å². The number of aryl methyl sites for hydroxylation is 4. The van der Waals surface area contributed by atoms with Gasteiger partial charge in [-0.05, 0) is 99.2 Å². The Balaban J connectivity index is 1.58. The van der Waals surface area contributed by atoms with Crippen LogP contribution < -0.4 is 31.9 Å². The zero-order valence-electron chi connectivity index (χ0n) is 36.6. The predicted octanol–water partition coefficient (Wildman–Crippen LogP) is 5.47. The van der Waals surface area contributed by atoms with E-state index in [-0.39, 0.29) is 57.6 Å². The second-order valence-corrected chi connectivity index (χ2v) is 18.6. The molecule has 0 saturated carbocycles. The van der Waals surface area contributed by atoms with E-state index >= 15 is 0 Å². The average molecular weight is 947 g/mol. The van der Waals surface area contributed by atoms with E-state index in [4.69, 9.17) is 19.6 Å². The molecule has 11 N–H and O–H groups in total. The summed E-state index contributed by atoms with van der Waals surface area (Å²) in [6.45, 7) is 9.01. The third-order valence-electron chi connectivity index (χ3n) is 10.8. The zero-order valence-corrected chi connectivity index (χ0v) is 38.3. The number of fused-ring (bicyclic) bond motifs is 2. The summed E-state index contributed by atoms with van der Waals surface area (Å²) < 4.78 is 79.7. The van der Waals surface area contributed by atoms with Crippen LogP contribution in [0.15, 0.2) is 85.9 Å². The SMILES string of the molecule is Cc1cc(C)c(NC(=O)NCC(O)CO)c(C)c1N=c1cc2oc3cc(Nc4c(C)cc(C)c(NC(=O)NCC(O)CO)c4C)ccc3c(-c3ccccc3S(=O)(=O)O)c-2cc1S(=O)(=O)O. The Hall–Kier alpha value is -6.43. The minimum Gasteiger partial charge on any atom is -0.456 e. The molecule has 0 saturated heterocycles. The quantitative estimate of drug-likeness (QED) is 0.0477. The highest BCUT2D eigenvalue weighted by Gasteiger charge is 2.27. The van der Waals surface area contributed by atoms with Gasteiger partial charge < -0.3 is 51.4 Å². The summed E-state index contributed by atoms with van der Waals surface area (Å²) in [6, 6.07) is 15.0. The topological polar surface area (TPSA) is 309 Å². The fraction of sp³-hybridized carbons (Fsp3) is 0.267. The number of anilines is 4. The van der Waals surface area contributed by atoms with Crippen LogP contribution in [0.5, 0.6) is 0 Å². The molecular formula is C45H50N6O13S2. The predicted molar refractivity (Wildman–Crippen MR) is 248 cm³/mol. The Kier molecular flexibility index (Phi) is 14.5. The summed E-state index contributed by atoms with van der Waals surface area (Å²) in [6.07, 6.45) is -2.34. The van der Waals surface area contributed by atoms with Crippen molar-refractivity contribution in [3.8, 4) is 22.5 Å². The van der Waals surface area contributed by atoms with Gasteiger partial charge in [0.15, 0.2) is 0 Å². The molecule has 0 spiro atoms. The summed E-state index contributed by atoms with van der Waals surface area (Å²) in [5, 5.41) is 51.5. The Labute approximate surface area is 380 Å². The highest BCUT2D eigenvalue weighted by Crippen LogP contribution is 2.44. The van der Waals surface area contributed by atoms with Crippen molar-refractivity contribution in [1.29, 1.82) is 0 Å². The van der Waals surface area contributed by atoms with Crippen molar-refractivity contribution in [3.05, 3.63) is 105 Å². The second kappa shape index (κ2) is 19.6. The number of aliphatic hydroxyl groups excluding tert-OH is 4. The molecular weight excluding hydrogens is 897 g/mol. The van der Waals surface area contributed by atoms with E-state index in [0.717, 1.165) is 17.2 Å². The average Bonchev–Trinajstić information content (AvgIpc) is 3.25. The van der Waals surface area contributed by atoms with Gasteiger partial charge in [0.2, 0.25) is 0 Å². The summed E-state index contributed by atoms with van der Waals surface area (Å²) in [5.74, 6) is -0.0139. The van der Waals surface area contributed by atoms with Crippen molar-refractivity contribution in [2.24, 2.45) is 4.99 Å².